The summed E-state index contributed by atoms with van der Waals surface area (Å²) in [4.78, 5) is 27.7. The van der Waals surface area contributed by atoms with Crippen molar-refractivity contribution in [3.05, 3.63) is 71.4 Å². The van der Waals surface area contributed by atoms with E-state index in [2.05, 4.69) is 34.6 Å². The second kappa shape index (κ2) is 8.64. The Balaban J connectivity index is 1.30. The van der Waals surface area contributed by atoms with Crippen LogP contribution < -0.4 is 5.32 Å². The third-order valence-electron chi connectivity index (χ3n) is 6.15. The van der Waals surface area contributed by atoms with Gasteiger partial charge < -0.3 is 10.3 Å². The largest absolute Gasteiger partial charge is 0.361 e. The van der Waals surface area contributed by atoms with Crippen LogP contribution in [-0.4, -0.2) is 23.2 Å². The number of benzene rings is 2. The van der Waals surface area contributed by atoms with Crippen LogP contribution in [0, 0.1) is 5.92 Å². The first-order valence-corrected chi connectivity index (χ1v) is 10.6. The van der Waals surface area contributed by atoms with Crippen LogP contribution in [0.1, 0.15) is 48.8 Å². The maximum Gasteiger partial charge on any atom is 0.227 e. The highest BCUT2D eigenvalue weighted by molar-refractivity contribution is 5.85. The van der Waals surface area contributed by atoms with Gasteiger partial charge in [0, 0.05) is 36.0 Å². The number of nitrogens with one attached hydrogen (secondary N) is 2. The molecule has 0 spiro atoms. The molecule has 3 aromatic rings. The molecule has 1 heterocycles. The van der Waals surface area contributed by atoms with Crippen LogP contribution in [0.15, 0.2) is 54.7 Å². The monoisotopic (exact) mass is 388 g/mol. The van der Waals surface area contributed by atoms with Crippen molar-refractivity contribution >= 4 is 22.6 Å². The zero-order chi connectivity index (χ0) is 20.2. The summed E-state index contributed by atoms with van der Waals surface area (Å²) in [6.45, 7) is 2.56. The summed E-state index contributed by atoms with van der Waals surface area (Å²) < 4.78 is 0. The number of ketones is 1. The van der Waals surface area contributed by atoms with Gasteiger partial charge >= 0.3 is 0 Å². The lowest BCUT2D eigenvalue weighted by atomic mass is 9.94. The molecule has 2 N–H and O–H groups in total. The van der Waals surface area contributed by atoms with E-state index in [1.54, 1.807) is 0 Å². The zero-order valence-electron chi connectivity index (χ0n) is 16.9. The van der Waals surface area contributed by atoms with Crippen LogP contribution in [0.3, 0.4) is 0 Å². The number of Topliss-reactive ketones (excluding diaryl/α,β-unsaturated/α-hetero) is 1. The molecule has 150 valence electrons. The molecular formula is C25H28N2O2. The van der Waals surface area contributed by atoms with Crippen LogP contribution >= 0.6 is 0 Å². The summed E-state index contributed by atoms with van der Waals surface area (Å²) in [5.41, 5.74) is 4.54. The minimum atomic E-state index is -0.194. The molecule has 0 radical (unpaired) electrons. The summed E-state index contributed by atoms with van der Waals surface area (Å²) in [7, 11) is 0. The van der Waals surface area contributed by atoms with Crippen molar-refractivity contribution in [1.29, 1.82) is 0 Å². The number of aromatic amines is 1. The number of hydrogen-bond acceptors (Lipinski definition) is 2. The molecule has 4 rings (SSSR count). The van der Waals surface area contributed by atoms with E-state index in [-0.39, 0.29) is 17.7 Å². The predicted molar refractivity (Wildman–Crippen MR) is 116 cm³/mol. The fourth-order valence-electron chi connectivity index (χ4n) is 4.29. The van der Waals surface area contributed by atoms with Gasteiger partial charge in [-0.25, -0.2) is 0 Å². The van der Waals surface area contributed by atoms with Gasteiger partial charge in [-0.2, -0.15) is 0 Å². The summed E-state index contributed by atoms with van der Waals surface area (Å²) in [5.74, 6) is 0.437. The Morgan fingerprint density at radius 1 is 1.17 bits per heavy atom. The molecule has 29 heavy (non-hydrogen) atoms. The molecule has 1 aliphatic carbocycles. The van der Waals surface area contributed by atoms with E-state index in [0.29, 0.717) is 12.3 Å². The summed E-state index contributed by atoms with van der Waals surface area (Å²) in [6, 6.07) is 16.4. The van der Waals surface area contributed by atoms with Gasteiger partial charge in [-0.05, 0) is 55.4 Å². The first kappa shape index (κ1) is 19.4. The zero-order valence-corrected chi connectivity index (χ0v) is 16.9. The highest BCUT2D eigenvalue weighted by atomic mass is 16.1. The highest BCUT2D eigenvalue weighted by Crippen LogP contribution is 2.26. The predicted octanol–water partition coefficient (Wildman–Crippen LogP) is 4.54. The maximum absolute atomic E-state index is 12.6. The Morgan fingerprint density at radius 2 is 1.97 bits per heavy atom. The van der Waals surface area contributed by atoms with Crippen molar-refractivity contribution in [2.24, 2.45) is 5.92 Å². The standard InChI is InChI=1S/C25H28N2O2/c1-17(19-11-9-18(10-12-19)15-20-5-4-8-24(20)28)25(29)26-14-13-21-16-27-23-7-3-2-6-22(21)23/h2-3,6-7,9-12,16-17,20,27H,4-5,8,13-15H2,1H3,(H,26,29). The third kappa shape index (κ3) is 4.42. The third-order valence-corrected chi connectivity index (χ3v) is 6.15. The van der Waals surface area contributed by atoms with E-state index in [9.17, 15) is 9.59 Å². The van der Waals surface area contributed by atoms with E-state index in [0.717, 1.165) is 43.2 Å². The number of carbonyl (C=O) groups is 2. The number of aromatic nitrogens is 1. The van der Waals surface area contributed by atoms with Gasteiger partial charge in [0.2, 0.25) is 5.91 Å². The molecular weight excluding hydrogens is 360 g/mol. The van der Waals surface area contributed by atoms with Crippen LogP contribution in [0.2, 0.25) is 0 Å². The fraction of sp³-hybridized carbons (Fsp3) is 0.360. The van der Waals surface area contributed by atoms with E-state index in [4.69, 9.17) is 0 Å². The quantitative estimate of drug-likeness (QED) is 0.624. The van der Waals surface area contributed by atoms with Crippen LogP contribution in [0.4, 0.5) is 0 Å². The van der Waals surface area contributed by atoms with E-state index in [1.165, 1.54) is 16.5 Å². The molecule has 2 unspecified atom stereocenters. The molecule has 1 aliphatic rings. The highest BCUT2D eigenvalue weighted by Gasteiger charge is 2.24. The minimum absolute atomic E-state index is 0.0450. The first-order valence-electron chi connectivity index (χ1n) is 10.6. The van der Waals surface area contributed by atoms with Crippen molar-refractivity contribution in [1.82, 2.24) is 10.3 Å². The summed E-state index contributed by atoms with van der Waals surface area (Å²) >= 11 is 0. The number of rotatable bonds is 7. The topological polar surface area (TPSA) is 62.0 Å². The Bertz CT molecular complexity index is 1000. The average Bonchev–Trinajstić information content (AvgIpc) is 3.34. The lowest BCUT2D eigenvalue weighted by Crippen LogP contribution is -2.29. The van der Waals surface area contributed by atoms with E-state index >= 15 is 0 Å². The Kier molecular flexibility index (Phi) is 5.79. The molecule has 0 aliphatic heterocycles. The lowest BCUT2D eigenvalue weighted by molar-refractivity contribution is -0.122. The molecule has 0 saturated heterocycles. The van der Waals surface area contributed by atoms with Gasteiger partial charge in [-0.15, -0.1) is 0 Å². The summed E-state index contributed by atoms with van der Waals surface area (Å²) in [6.07, 6.45) is 6.42. The smallest absolute Gasteiger partial charge is 0.227 e. The normalized spacial score (nSPS) is 17.6. The van der Waals surface area contributed by atoms with Crippen LogP contribution in [0.5, 0.6) is 0 Å². The number of amides is 1. The van der Waals surface area contributed by atoms with Gasteiger partial charge in [0.1, 0.15) is 5.78 Å². The number of carbonyl (C=O) groups excluding carboxylic acids is 2. The molecule has 4 heteroatoms. The Hall–Kier alpha value is -2.88. The molecule has 2 aromatic carbocycles. The van der Waals surface area contributed by atoms with Crippen molar-refractivity contribution in [2.75, 3.05) is 6.54 Å². The lowest BCUT2D eigenvalue weighted by Gasteiger charge is -2.14. The van der Waals surface area contributed by atoms with Gasteiger partial charge in [0.15, 0.2) is 0 Å². The van der Waals surface area contributed by atoms with Crippen molar-refractivity contribution in [2.45, 2.75) is 44.9 Å². The van der Waals surface area contributed by atoms with Gasteiger partial charge in [-0.3, -0.25) is 9.59 Å². The second-order valence-electron chi connectivity index (χ2n) is 8.12. The number of para-hydroxylation sites is 1. The van der Waals surface area contributed by atoms with Crippen LogP contribution in [0.25, 0.3) is 10.9 Å². The Morgan fingerprint density at radius 3 is 2.72 bits per heavy atom. The fourth-order valence-corrected chi connectivity index (χ4v) is 4.29. The van der Waals surface area contributed by atoms with Gasteiger partial charge in [0.05, 0.1) is 5.92 Å². The van der Waals surface area contributed by atoms with Crippen molar-refractivity contribution in [3.8, 4) is 0 Å². The van der Waals surface area contributed by atoms with E-state index in [1.807, 2.05) is 37.4 Å². The van der Waals surface area contributed by atoms with Crippen molar-refractivity contribution in [3.63, 3.8) is 0 Å². The molecule has 0 bridgehead atoms. The number of hydrogen-bond donors (Lipinski definition) is 2. The van der Waals surface area contributed by atoms with Gasteiger partial charge in [-0.1, -0.05) is 42.5 Å². The molecule has 1 saturated carbocycles. The van der Waals surface area contributed by atoms with E-state index < -0.39 is 0 Å². The average molecular weight is 389 g/mol. The SMILES string of the molecule is CC(C(=O)NCCc1c[nH]c2ccccc12)c1ccc(CC2CCCC2=O)cc1. The minimum Gasteiger partial charge on any atom is -0.361 e. The first-order chi connectivity index (χ1) is 14.1. The van der Waals surface area contributed by atoms with Crippen molar-refractivity contribution < 1.29 is 9.59 Å². The molecule has 4 nitrogen and oxygen atoms in total. The number of H-pyrrole nitrogens is 1. The molecule has 2 atom stereocenters. The second-order valence-corrected chi connectivity index (χ2v) is 8.12. The molecule has 1 amide bonds. The molecule has 1 aromatic heterocycles. The van der Waals surface area contributed by atoms with Gasteiger partial charge in [0.25, 0.3) is 0 Å². The summed E-state index contributed by atoms with van der Waals surface area (Å²) in [5, 5.41) is 4.28. The molecule has 1 fully saturated rings. The van der Waals surface area contributed by atoms with Crippen LogP contribution in [-0.2, 0) is 22.4 Å². The Labute approximate surface area is 171 Å². The number of fused-ring (bicyclic) bond motifs is 1. The maximum atomic E-state index is 12.6.